The van der Waals surface area contributed by atoms with E-state index < -0.39 is 6.04 Å². The Labute approximate surface area is 81.6 Å². The molecule has 1 aromatic rings. The van der Waals surface area contributed by atoms with Gasteiger partial charge >= 0.3 is 0 Å². The first kappa shape index (κ1) is 10.3. The zero-order valence-corrected chi connectivity index (χ0v) is 7.56. The quantitative estimate of drug-likeness (QED) is 0.640. The molecule has 3 N–H and O–H groups in total. The minimum Gasteiger partial charge on any atom is -0.360 e. The van der Waals surface area contributed by atoms with E-state index in [4.69, 9.17) is 16.7 Å². The van der Waals surface area contributed by atoms with Crippen molar-refractivity contribution >= 4 is 5.91 Å². The summed E-state index contributed by atoms with van der Waals surface area (Å²) in [7, 11) is 0. The van der Waals surface area contributed by atoms with Crippen LogP contribution < -0.4 is 11.1 Å². The summed E-state index contributed by atoms with van der Waals surface area (Å²) in [5, 5.41) is 6.07. The van der Waals surface area contributed by atoms with Gasteiger partial charge in [-0.1, -0.05) is 5.16 Å². The molecule has 1 rings (SSSR count). The molecule has 0 fully saturated rings. The zero-order valence-electron chi connectivity index (χ0n) is 7.56. The second-order valence-electron chi connectivity index (χ2n) is 2.71. The van der Waals surface area contributed by atoms with Crippen molar-refractivity contribution in [2.24, 2.45) is 5.73 Å². The molecule has 5 heteroatoms. The van der Waals surface area contributed by atoms with E-state index in [9.17, 15) is 4.79 Å². The van der Waals surface area contributed by atoms with Gasteiger partial charge in [0, 0.05) is 12.5 Å². The van der Waals surface area contributed by atoms with Gasteiger partial charge in [-0.3, -0.25) is 4.79 Å². The van der Waals surface area contributed by atoms with E-state index in [0.29, 0.717) is 5.76 Å². The van der Waals surface area contributed by atoms with Crippen LogP contribution in [0.4, 0.5) is 0 Å². The van der Waals surface area contributed by atoms with E-state index in [2.05, 4.69) is 16.4 Å². The van der Waals surface area contributed by atoms with Crippen molar-refractivity contribution in [2.45, 2.75) is 19.0 Å². The SMILES string of the molecule is C#CCC(N)C(=O)NCc1ccno1. The van der Waals surface area contributed by atoms with Gasteiger partial charge in [-0.25, -0.2) is 0 Å². The number of terminal acetylenes is 1. The summed E-state index contributed by atoms with van der Waals surface area (Å²) in [5.74, 6) is 2.60. The average molecular weight is 193 g/mol. The first-order valence-electron chi connectivity index (χ1n) is 4.10. The topological polar surface area (TPSA) is 81.2 Å². The molecule has 1 atom stereocenters. The highest BCUT2D eigenvalue weighted by atomic mass is 16.5. The Morgan fingerprint density at radius 3 is 3.21 bits per heavy atom. The summed E-state index contributed by atoms with van der Waals surface area (Å²) in [6, 6.07) is 0.996. The largest absolute Gasteiger partial charge is 0.360 e. The van der Waals surface area contributed by atoms with Crippen LogP contribution in [0.3, 0.4) is 0 Å². The molecule has 0 aliphatic carbocycles. The Hall–Kier alpha value is -1.80. The molecule has 1 aromatic heterocycles. The van der Waals surface area contributed by atoms with Gasteiger partial charge in [-0.15, -0.1) is 12.3 Å². The molecule has 0 saturated carbocycles. The summed E-state index contributed by atoms with van der Waals surface area (Å²) < 4.78 is 4.78. The van der Waals surface area contributed by atoms with Crippen molar-refractivity contribution < 1.29 is 9.32 Å². The summed E-state index contributed by atoms with van der Waals surface area (Å²) in [6.07, 6.45) is 6.75. The van der Waals surface area contributed by atoms with Gasteiger partial charge in [0.1, 0.15) is 0 Å². The monoisotopic (exact) mass is 193 g/mol. The third-order valence-electron chi connectivity index (χ3n) is 1.60. The van der Waals surface area contributed by atoms with Crippen LogP contribution in [-0.2, 0) is 11.3 Å². The van der Waals surface area contributed by atoms with Gasteiger partial charge < -0.3 is 15.6 Å². The standard InChI is InChI=1S/C9H11N3O2/c1-2-3-8(10)9(13)11-6-7-4-5-12-14-7/h1,4-5,8H,3,6,10H2,(H,11,13). The van der Waals surface area contributed by atoms with E-state index >= 15 is 0 Å². The molecule has 5 nitrogen and oxygen atoms in total. The smallest absolute Gasteiger partial charge is 0.238 e. The lowest BCUT2D eigenvalue weighted by Gasteiger charge is -2.07. The molecule has 0 aliphatic rings. The lowest BCUT2D eigenvalue weighted by Crippen LogP contribution is -2.39. The van der Waals surface area contributed by atoms with Gasteiger partial charge in [-0.2, -0.15) is 0 Å². The molecule has 0 spiro atoms. The third kappa shape index (κ3) is 2.92. The van der Waals surface area contributed by atoms with E-state index in [0.717, 1.165) is 0 Å². The normalized spacial score (nSPS) is 11.7. The minimum absolute atomic E-state index is 0.224. The van der Waals surface area contributed by atoms with Crippen molar-refractivity contribution in [3.8, 4) is 12.3 Å². The summed E-state index contributed by atoms with van der Waals surface area (Å²) in [6.45, 7) is 0.275. The average Bonchev–Trinajstić information content (AvgIpc) is 2.67. The molecule has 0 saturated heterocycles. The number of amides is 1. The van der Waals surface area contributed by atoms with Crippen LogP contribution in [0.25, 0.3) is 0 Å². The second-order valence-corrected chi connectivity index (χ2v) is 2.71. The number of carbonyl (C=O) groups excluding carboxylic acids is 1. The van der Waals surface area contributed by atoms with Gasteiger partial charge in [0.25, 0.3) is 0 Å². The fraction of sp³-hybridized carbons (Fsp3) is 0.333. The Morgan fingerprint density at radius 1 is 1.86 bits per heavy atom. The highest BCUT2D eigenvalue weighted by molar-refractivity contribution is 5.81. The van der Waals surface area contributed by atoms with Crippen LogP contribution in [-0.4, -0.2) is 17.1 Å². The second kappa shape index (κ2) is 5.04. The van der Waals surface area contributed by atoms with Gasteiger partial charge in [-0.05, 0) is 0 Å². The Kier molecular flexibility index (Phi) is 3.70. The predicted octanol–water partition coefficient (Wildman–Crippen LogP) is -0.359. The number of rotatable bonds is 4. The Bertz CT molecular complexity index is 326. The molecular weight excluding hydrogens is 182 g/mol. The summed E-state index contributed by atoms with van der Waals surface area (Å²) in [4.78, 5) is 11.2. The van der Waals surface area contributed by atoms with Gasteiger partial charge in [0.05, 0.1) is 18.8 Å². The molecule has 1 amide bonds. The van der Waals surface area contributed by atoms with E-state index in [1.165, 1.54) is 6.20 Å². The highest BCUT2D eigenvalue weighted by Crippen LogP contribution is 1.95. The number of hydrogen-bond acceptors (Lipinski definition) is 4. The van der Waals surface area contributed by atoms with Crippen LogP contribution in [0.5, 0.6) is 0 Å². The Morgan fingerprint density at radius 2 is 2.64 bits per heavy atom. The molecular formula is C9H11N3O2. The molecule has 74 valence electrons. The molecule has 0 radical (unpaired) electrons. The molecule has 1 heterocycles. The van der Waals surface area contributed by atoms with Crippen molar-refractivity contribution in [3.63, 3.8) is 0 Å². The van der Waals surface area contributed by atoms with Crippen LogP contribution >= 0.6 is 0 Å². The van der Waals surface area contributed by atoms with Crippen molar-refractivity contribution in [1.29, 1.82) is 0 Å². The number of carbonyl (C=O) groups is 1. The number of aromatic nitrogens is 1. The van der Waals surface area contributed by atoms with Crippen LogP contribution in [0.2, 0.25) is 0 Å². The molecule has 0 bridgehead atoms. The van der Waals surface area contributed by atoms with Crippen molar-refractivity contribution in [2.75, 3.05) is 0 Å². The zero-order chi connectivity index (χ0) is 10.4. The maximum absolute atomic E-state index is 11.2. The lowest BCUT2D eigenvalue weighted by atomic mass is 10.2. The molecule has 0 aliphatic heterocycles. The highest BCUT2D eigenvalue weighted by Gasteiger charge is 2.11. The fourth-order valence-corrected chi connectivity index (χ4v) is 0.858. The fourth-order valence-electron chi connectivity index (χ4n) is 0.858. The number of nitrogens with two attached hydrogens (primary N) is 1. The van der Waals surface area contributed by atoms with E-state index in [-0.39, 0.29) is 18.9 Å². The minimum atomic E-state index is -0.664. The summed E-state index contributed by atoms with van der Waals surface area (Å²) >= 11 is 0. The van der Waals surface area contributed by atoms with Crippen LogP contribution in [0.15, 0.2) is 16.8 Å². The van der Waals surface area contributed by atoms with Crippen LogP contribution in [0, 0.1) is 12.3 Å². The maximum atomic E-state index is 11.2. The van der Waals surface area contributed by atoms with Crippen LogP contribution in [0.1, 0.15) is 12.2 Å². The van der Waals surface area contributed by atoms with E-state index in [1.54, 1.807) is 6.07 Å². The van der Waals surface area contributed by atoms with Gasteiger partial charge in [0.15, 0.2) is 5.76 Å². The third-order valence-corrected chi connectivity index (χ3v) is 1.60. The predicted molar refractivity (Wildman–Crippen MR) is 49.8 cm³/mol. The Balaban J connectivity index is 2.32. The van der Waals surface area contributed by atoms with E-state index in [1.807, 2.05) is 0 Å². The first-order chi connectivity index (χ1) is 6.74. The molecule has 0 aromatic carbocycles. The number of hydrogen-bond donors (Lipinski definition) is 2. The first-order valence-corrected chi connectivity index (χ1v) is 4.10. The molecule has 1 unspecified atom stereocenters. The number of nitrogens with one attached hydrogen (secondary N) is 1. The lowest BCUT2D eigenvalue weighted by molar-refractivity contribution is -0.122. The molecule has 14 heavy (non-hydrogen) atoms. The summed E-state index contributed by atoms with van der Waals surface area (Å²) in [5.41, 5.74) is 5.47. The number of nitrogens with zero attached hydrogens (tertiary/aromatic N) is 1. The van der Waals surface area contributed by atoms with Crippen molar-refractivity contribution in [1.82, 2.24) is 10.5 Å². The van der Waals surface area contributed by atoms with Gasteiger partial charge in [0.2, 0.25) is 5.91 Å². The maximum Gasteiger partial charge on any atom is 0.238 e. The van der Waals surface area contributed by atoms with Crippen molar-refractivity contribution in [3.05, 3.63) is 18.0 Å².